The van der Waals surface area contributed by atoms with E-state index in [2.05, 4.69) is 15.0 Å². The lowest BCUT2D eigenvalue weighted by atomic mass is 10.2. The largest absolute Gasteiger partial charge is 0.276 e. The highest BCUT2D eigenvalue weighted by atomic mass is 32.2. The number of nitro groups is 1. The Bertz CT molecular complexity index is 1350. The monoisotopic (exact) mass is 453 g/mol. The quantitative estimate of drug-likeness (QED) is 0.259. The molecule has 2 aromatic heterocycles. The number of hydrogen-bond donors (Lipinski definition) is 1. The van der Waals surface area contributed by atoms with Gasteiger partial charge in [0.1, 0.15) is 5.69 Å². The highest BCUT2D eigenvalue weighted by molar-refractivity contribution is 7.89. The Balaban J connectivity index is 1.63. The van der Waals surface area contributed by atoms with Crippen LogP contribution < -0.4 is 4.83 Å². The lowest BCUT2D eigenvalue weighted by Gasteiger charge is -2.02. The molecule has 0 atom stereocenters. The average molecular weight is 454 g/mol. The lowest BCUT2D eigenvalue weighted by molar-refractivity contribution is -0.385. The smallest absolute Gasteiger partial charge is 0.258 e. The van der Waals surface area contributed by atoms with Crippen LogP contribution in [0.2, 0.25) is 0 Å². The van der Waals surface area contributed by atoms with Crippen molar-refractivity contribution in [3.8, 4) is 16.3 Å². The fourth-order valence-electron chi connectivity index (χ4n) is 2.78. The first-order chi connectivity index (χ1) is 14.9. The minimum atomic E-state index is -4.08. The maximum absolute atomic E-state index is 12.5. The maximum Gasteiger partial charge on any atom is 0.276 e. The molecule has 0 unspecified atom stereocenters. The van der Waals surface area contributed by atoms with Crippen molar-refractivity contribution in [1.82, 2.24) is 14.6 Å². The van der Waals surface area contributed by atoms with E-state index in [0.717, 1.165) is 16.6 Å². The summed E-state index contributed by atoms with van der Waals surface area (Å²) in [6.45, 7) is 0. The molecule has 0 fully saturated rings. The van der Waals surface area contributed by atoms with Crippen LogP contribution in [-0.2, 0) is 10.0 Å². The van der Waals surface area contributed by atoms with Crippen molar-refractivity contribution in [1.29, 1.82) is 0 Å². The second-order valence-electron chi connectivity index (χ2n) is 6.30. The number of benzene rings is 2. The minimum Gasteiger partial charge on any atom is -0.258 e. The Hall–Kier alpha value is -3.83. The molecule has 31 heavy (non-hydrogen) atoms. The fourth-order valence-corrected chi connectivity index (χ4v) is 4.34. The average Bonchev–Trinajstić information content (AvgIpc) is 3.44. The summed E-state index contributed by atoms with van der Waals surface area (Å²) in [5.41, 5.74) is 1.78. The summed E-state index contributed by atoms with van der Waals surface area (Å²) in [5, 5.41) is 21.3. The summed E-state index contributed by atoms with van der Waals surface area (Å²) >= 11 is 1.50. The van der Waals surface area contributed by atoms with Crippen molar-refractivity contribution in [2.45, 2.75) is 4.90 Å². The highest BCUT2D eigenvalue weighted by Gasteiger charge is 2.17. The third kappa shape index (κ3) is 4.52. The Kier molecular flexibility index (Phi) is 5.60. The molecule has 0 saturated carbocycles. The summed E-state index contributed by atoms with van der Waals surface area (Å²) in [7, 11) is -4.08. The first-order valence-corrected chi connectivity index (χ1v) is 11.3. The highest BCUT2D eigenvalue weighted by Crippen LogP contribution is 2.27. The van der Waals surface area contributed by atoms with E-state index in [0.29, 0.717) is 11.3 Å². The van der Waals surface area contributed by atoms with Gasteiger partial charge in [0, 0.05) is 23.9 Å². The molecule has 0 aliphatic carbocycles. The molecule has 11 heteroatoms. The number of nitro benzene ring substituents is 1. The van der Waals surface area contributed by atoms with Crippen LogP contribution >= 0.6 is 11.3 Å². The van der Waals surface area contributed by atoms with E-state index >= 15 is 0 Å². The minimum absolute atomic E-state index is 0.252. The molecule has 0 aliphatic rings. The topological polar surface area (TPSA) is 119 Å². The van der Waals surface area contributed by atoms with Crippen LogP contribution in [0.15, 0.2) is 88.3 Å². The van der Waals surface area contributed by atoms with Gasteiger partial charge in [0.25, 0.3) is 15.7 Å². The summed E-state index contributed by atoms with van der Waals surface area (Å²) in [5.74, 6) is 0. The molecular weight excluding hydrogens is 438 g/mol. The van der Waals surface area contributed by atoms with E-state index < -0.39 is 14.9 Å². The van der Waals surface area contributed by atoms with Gasteiger partial charge in [-0.05, 0) is 29.6 Å². The lowest BCUT2D eigenvalue weighted by Crippen LogP contribution is -2.18. The molecule has 2 heterocycles. The first kappa shape index (κ1) is 20.4. The number of nitrogens with one attached hydrogen (secondary N) is 1. The van der Waals surface area contributed by atoms with Crippen LogP contribution in [0.5, 0.6) is 0 Å². The van der Waals surface area contributed by atoms with Gasteiger partial charge in [0.2, 0.25) is 0 Å². The number of aromatic nitrogens is 2. The van der Waals surface area contributed by atoms with Gasteiger partial charge < -0.3 is 0 Å². The number of non-ortho nitro benzene ring substituents is 1. The van der Waals surface area contributed by atoms with Crippen LogP contribution in [-0.4, -0.2) is 29.3 Å². The van der Waals surface area contributed by atoms with Crippen LogP contribution in [0.3, 0.4) is 0 Å². The van der Waals surface area contributed by atoms with Crippen molar-refractivity contribution < 1.29 is 13.3 Å². The molecule has 0 spiro atoms. The number of thiophene rings is 1. The van der Waals surface area contributed by atoms with Crippen molar-refractivity contribution >= 4 is 33.3 Å². The summed E-state index contributed by atoms with van der Waals surface area (Å²) in [6.07, 6.45) is 3.10. The van der Waals surface area contributed by atoms with Gasteiger partial charge in [0.15, 0.2) is 0 Å². The molecule has 4 aromatic rings. The van der Waals surface area contributed by atoms with Crippen molar-refractivity contribution in [3.63, 3.8) is 0 Å². The fraction of sp³-hybridized carbons (Fsp3) is 0. The molecule has 2 aromatic carbocycles. The Morgan fingerprint density at radius 3 is 2.61 bits per heavy atom. The number of sulfonamides is 1. The Labute approximate surface area is 181 Å². The van der Waals surface area contributed by atoms with Crippen molar-refractivity contribution in [3.05, 3.63) is 94.0 Å². The SMILES string of the molecule is O=[N+]([O-])c1cccc(S(=O)(=O)N/N=C/c2cn(-c3ccccc3)nc2-c2cccs2)c1. The first-order valence-electron chi connectivity index (χ1n) is 8.92. The van der Waals surface area contributed by atoms with Crippen LogP contribution in [0.1, 0.15) is 5.56 Å². The van der Waals surface area contributed by atoms with Gasteiger partial charge in [-0.15, -0.1) is 11.3 Å². The zero-order valence-corrected chi connectivity index (χ0v) is 17.5. The second kappa shape index (κ2) is 8.50. The van der Waals surface area contributed by atoms with Crippen molar-refractivity contribution in [2.75, 3.05) is 0 Å². The normalized spacial score (nSPS) is 11.6. The van der Waals surface area contributed by atoms with Crippen LogP contribution in [0.4, 0.5) is 5.69 Å². The molecule has 0 amide bonds. The molecule has 1 N–H and O–H groups in total. The van der Waals surface area contributed by atoms with Gasteiger partial charge in [0.05, 0.1) is 26.6 Å². The Morgan fingerprint density at radius 2 is 1.90 bits per heavy atom. The molecule has 0 aliphatic heterocycles. The molecule has 156 valence electrons. The zero-order chi connectivity index (χ0) is 21.8. The van der Waals surface area contributed by atoms with E-state index in [1.807, 2.05) is 47.8 Å². The third-order valence-electron chi connectivity index (χ3n) is 4.23. The number of rotatable bonds is 7. The Morgan fingerprint density at radius 1 is 1.10 bits per heavy atom. The maximum atomic E-state index is 12.5. The number of hydrazone groups is 1. The van der Waals surface area contributed by atoms with Gasteiger partial charge in [-0.25, -0.2) is 9.51 Å². The van der Waals surface area contributed by atoms with E-state index in [1.165, 1.54) is 35.8 Å². The summed E-state index contributed by atoms with van der Waals surface area (Å²) < 4.78 is 26.6. The third-order valence-corrected chi connectivity index (χ3v) is 6.33. The van der Waals surface area contributed by atoms with Crippen molar-refractivity contribution in [2.24, 2.45) is 5.10 Å². The predicted molar refractivity (Wildman–Crippen MR) is 118 cm³/mol. The van der Waals surface area contributed by atoms with Gasteiger partial charge in [-0.2, -0.15) is 18.6 Å². The molecule has 0 radical (unpaired) electrons. The zero-order valence-electron chi connectivity index (χ0n) is 15.8. The van der Waals surface area contributed by atoms with Crippen LogP contribution in [0, 0.1) is 10.1 Å². The van der Waals surface area contributed by atoms with E-state index in [1.54, 1.807) is 10.9 Å². The van der Waals surface area contributed by atoms with Gasteiger partial charge >= 0.3 is 0 Å². The van der Waals surface area contributed by atoms with E-state index in [4.69, 9.17) is 0 Å². The number of hydrogen-bond acceptors (Lipinski definition) is 7. The van der Waals surface area contributed by atoms with Gasteiger partial charge in [-0.1, -0.05) is 30.3 Å². The predicted octanol–water partition coefficient (Wildman–Crippen LogP) is 3.82. The summed E-state index contributed by atoms with van der Waals surface area (Å²) in [4.78, 5) is 13.0. The molecule has 0 saturated heterocycles. The summed E-state index contributed by atoms with van der Waals surface area (Å²) in [6, 6.07) is 18.0. The molecule has 0 bridgehead atoms. The van der Waals surface area contributed by atoms with E-state index in [9.17, 15) is 18.5 Å². The van der Waals surface area contributed by atoms with Gasteiger partial charge in [-0.3, -0.25) is 10.1 Å². The second-order valence-corrected chi connectivity index (χ2v) is 8.91. The van der Waals surface area contributed by atoms with E-state index in [-0.39, 0.29) is 10.6 Å². The standard InChI is InChI=1S/C20H15N5O4S2/c26-25(27)17-8-4-9-18(12-17)31(28,29)23-21-13-15-14-24(16-6-2-1-3-7-16)22-20(15)19-10-5-11-30-19/h1-14,23H/b21-13+. The molecular formula is C20H15N5O4S2. The number of para-hydroxylation sites is 1. The number of nitrogens with zero attached hydrogens (tertiary/aromatic N) is 4. The molecule has 9 nitrogen and oxygen atoms in total. The van der Waals surface area contributed by atoms with Crippen LogP contribution in [0.25, 0.3) is 16.3 Å². The molecule has 4 rings (SSSR count).